The maximum absolute atomic E-state index is 8.52. The molecule has 0 atom stereocenters. The fraction of sp³-hybridized carbons (Fsp3) is 0. The zero-order chi connectivity index (χ0) is 4.50. The zero-order valence-corrected chi connectivity index (χ0v) is 9.10. The van der Waals surface area contributed by atoms with Crippen molar-refractivity contribution in [3.05, 3.63) is 0 Å². The first-order valence-corrected chi connectivity index (χ1v) is 2.00. The van der Waals surface area contributed by atoms with Gasteiger partial charge in [-0.1, -0.05) is 0 Å². The van der Waals surface area contributed by atoms with E-state index in [0.717, 1.165) is 0 Å². The van der Waals surface area contributed by atoms with Gasteiger partial charge in [0, 0.05) is 10.4 Å². The van der Waals surface area contributed by atoms with E-state index in [9.17, 15) is 0 Å². The Bertz CT molecular complexity index is 93.9. The molecule has 14 nitrogen and oxygen atoms in total. The summed E-state index contributed by atoms with van der Waals surface area (Å²) >= 11 is 0. The summed E-state index contributed by atoms with van der Waals surface area (Å²) in [5.74, 6) is 0. The minimum absolute atomic E-state index is 0. The van der Waals surface area contributed by atoms with Crippen LogP contribution in [0.4, 0.5) is 0 Å². The summed E-state index contributed by atoms with van der Waals surface area (Å²) in [6, 6.07) is 0. The van der Waals surface area contributed by atoms with Crippen LogP contribution >= 0.6 is 0 Å². The molecule has 0 aliphatic rings. The molecule has 0 spiro atoms. The van der Waals surface area contributed by atoms with Gasteiger partial charge in [0.2, 0.25) is 0 Å². The molecule has 16 heteroatoms. The van der Waals surface area contributed by atoms with Crippen molar-refractivity contribution in [2.75, 3.05) is 0 Å². The van der Waals surface area contributed by atoms with E-state index < -0.39 is 10.4 Å². The van der Waals surface area contributed by atoms with Crippen LogP contribution in [0.1, 0.15) is 0 Å². The van der Waals surface area contributed by atoms with Crippen molar-refractivity contribution >= 4 is 10.4 Å². The van der Waals surface area contributed by atoms with Gasteiger partial charge in [-0.15, -0.1) is 0 Å². The van der Waals surface area contributed by atoms with E-state index in [4.69, 9.17) is 17.5 Å². The molecule has 0 saturated heterocycles. The monoisotopic (exact) mass is 339 g/mol. The maximum Gasteiger partial charge on any atom is 2.00 e. The fourth-order valence-corrected chi connectivity index (χ4v) is 0. The van der Waals surface area contributed by atoms with Crippen molar-refractivity contribution in [1.82, 2.24) is 0 Å². The molecule has 0 amide bonds. The van der Waals surface area contributed by atoms with Crippen molar-refractivity contribution in [2.45, 2.75) is 0 Å². The summed E-state index contributed by atoms with van der Waals surface area (Å²) in [5.41, 5.74) is 0. The number of rotatable bonds is 0. The normalized spacial score (nSPS) is 3.62. The molecule has 0 unspecified atom stereocenters. The van der Waals surface area contributed by atoms with E-state index in [0.29, 0.717) is 0 Å². The van der Waals surface area contributed by atoms with Crippen molar-refractivity contribution in [2.24, 2.45) is 0 Å². The van der Waals surface area contributed by atoms with Gasteiger partial charge in [0.25, 0.3) is 0 Å². The Morgan fingerprint density at radius 1 is 0.500 bits per heavy atom. The molecular weight excluding hydrogens is 320 g/mol. The van der Waals surface area contributed by atoms with Gasteiger partial charge in [-0.3, -0.25) is 8.42 Å². The molecule has 1 radical (unpaired) electrons. The van der Waals surface area contributed by atoms with Gasteiger partial charge in [-0.05, 0) is 0 Å². The molecule has 0 aromatic rings. The van der Waals surface area contributed by atoms with E-state index in [-0.39, 0.29) is 71.8 Å². The molecular formula is H20CuO14S. The topological polar surface area (TPSA) is 395 Å². The van der Waals surface area contributed by atoms with Crippen LogP contribution in [0.3, 0.4) is 0 Å². The third kappa shape index (κ3) is 21300000. The first-order valence-electron chi connectivity index (χ1n) is 0.667. The average molecular weight is 340 g/mol. The molecule has 0 heterocycles. The molecule has 20 N–H and O–H groups in total. The average Bonchev–Trinajstić information content (AvgIpc) is 0.722. The van der Waals surface area contributed by atoms with Gasteiger partial charge in [-0.2, -0.15) is 0 Å². The maximum atomic E-state index is 8.52. The molecule has 0 aromatic carbocycles. The van der Waals surface area contributed by atoms with Gasteiger partial charge >= 0.3 is 17.1 Å². The number of hydrogen-bond acceptors (Lipinski definition) is 4. The Morgan fingerprint density at radius 3 is 0.500 bits per heavy atom. The Kier molecular flexibility index (Phi) is 1150. The Balaban J connectivity index is -0.00000000145. The summed E-state index contributed by atoms with van der Waals surface area (Å²) in [7, 11) is -5.17. The van der Waals surface area contributed by atoms with Gasteiger partial charge in [0.1, 0.15) is 0 Å². The van der Waals surface area contributed by atoms with Crippen LogP contribution in [-0.2, 0) is 27.5 Å². The van der Waals surface area contributed by atoms with Gasteiger partial charge < -0.3 is 63.9 Å². The van der Waals surface area contributed by atoms with E-state index in [1.807, 2.05) is 0 Å². The van der Waals surface area contributed by atoms with Crippen LogP contribution in [-0.4, -0.2) is 72.3 Å². The molecule has 0 rings (SSSR count). The first-order chi connectivity index (χ1) is 2.00. The molecule has 16 heavy (non-hydrogen) atoms. The van der Waals surface area contributed by atoms with Crippen LogP contribution < -0.4 is 0 Å². The predicted octanol–water partition coefficient (Wildman–Crippen LogP) is -9.59. The molecule has 0 aliphatic heterocycles. The summed E-state index contributed by atoms with van der Waals surface area (Å²) in [4.78, 5) is 0. The van der Waals surface area contributed by atoms with Crippen molar-refractivity contribution in [3.63, 3.8) is 0 Å². The van der Waals surface area contributed by atoms with E-state index in [1.165, 1.54) is 0 Å². The molecule has 0 aliphatic carbocycles. The van der Waals surface area contributed by atoms with E-state index >= 15 is 0 Å². The largest absolute Gasteiger partial charge is 2.00 e. The predicted molar refractivity (Wildman–Crippen MR) is 46.6 cm³/mol. The van der Waals surface area contributed by atoms with Crippen molar-refractivity contribution in [3.8, 4) is 0 Å². The summed E-state index contributed by atoms with van der Waals surface area (Å²) < 4.78 is 34.1. The Morgan fingerprint density at radius 2 is 0.500 bits per heavy atom. The second kappa shape index (κ2) is 81.8. The molecule has 0 bridgehead atoms. The molecule has 0 saturated carbocycles. The van der Waals surface area contributed by atoms with E-state index in [2.05, 4.69) is 0 Å². The van der Waals surface area contributed by atoms with Crippen LogP contribution in [0.15, 0.2) is 0 Å². The SMILES string of the molecule is O.O.O.O.O.O.O.O.O.O.O=S(=O)([O-])[O-].[Cu+2]. The second-order valence-corrected chi connectivity index (χ2v) is 1.22. The van der Waals surface area contributed by atoms with Crippen LogP contribution in [0.2, 0.25) is 0 Å². The van der Waals surface area contributed by atoms with Crippen LogP contribution in [0.5, 0.6) is 0 Å². The summed E-state index contributed by atoms with van der Waals surface area (Å²) in [6.45, 7) is 0. The third-order valence-electron chi connectivity index (χ3n) is 0. The Labute approximate surface area is 100 Å². The minimum Gasteiger partial charge on any atom is -0.759 e. The molecule has 0 aromatic heterocycles. The second-order valence-electron chi connectivity index (χ2n) is 0.408. The molecule has 0 fully saturated rings. The quantitative estimate of drug-likeness (QED) is 0.235. The third-order valence-corrected chi connectivity index (χ3v) is 0. The molecule has 121 valence electrons. The van der Waals surface area contributed by atoms with Crippen LogP contribution in [0, 0.1) is 0 Å². The van der Waals surface area contributed by atoms with Gasteiger partial charge in [0.05, 0.1) is 0 Å². The van der Waals surface area contributed by atoms with Gasteiger partial charge in [-0.25, -0.2) is 0 Å². The van der Waals surface area contributed by atoms with Crippen LogP contribution in [0.25, 0.3) is 0 Å². The summed E-state index contributed by atoms with van der Waals surface area (Å²) in [6.07, 6.45) is 0. The van der Waals surface area contributed by atoms with Crippen molar-refractivity contribution < 1.29 is 89.4 Å². The summed E-state index contributed by atoms with van der Waals surface area (Å²) in [5, 5.41) is 0. The minimum atomic E-state index is -5.17. The van der Waals surface area contributed by atoms with E-state index in [1.54, 1.807) is 0 Å². The van der Waals surface area contributed by atoms with Crippen molar-refractivity contribution in [1.29, 1.82) is 0 Å². The number of hydrogen-bond donors (Lipinski definition) is 0. The smallest absolute Gasteiger partial charge is 0.759 e. The zero-order valence-electron chi connectivity index (χ0n) is 7.34. The van der Waals surface area contributed by atoms with Gasteiger partial charge in [0.15, 0.2) is 0 Å². The Hall–Kier alpha value is -0.0105. The first kappa shape index (κ1) is 226. The standard InChI is InChI=1S/Cu.H2O4S.10H2O/c;1-5(2,3)4;;;;;;;;;;/h;(H2,1,2,3,4);10*1H2/q+2;;;;;;;;;;;/p-2. The fourth-order valence-electron chi connectivity index (χ4n) is 0.